The van der Waals surface area contributed by atoms with Crippen LogP contribution in [-0.2, 0) is 6.54 Å². The van der Waals surface area contributed by atoms with Gasteiger partial charge < -0.3 is 10.4 Å². The minimum absolute atomic E-state index is 0.193. The van der Waals surface area contributed by atoms with E-state index in [-0.39, 0.29) is 6.04 Å². The number of pyridine rings is 1. The van der Waals surface area contributed by atoms with Gasteiger partial charge in [0.2, 0.25) is 0 Å². The molecule has 1 unspecified atom stereocenters. The molecule has 2 N–H and O–H groups in total. The summed E-state index contributed by atoms with van der Waals surface area (Å²) < 4.78 is 0. The predicted octanol–water partition coefficient (Wildman–Crippen LogP) is 2.64. The van der Waals surface area contributed by atoms with Crippen molar-refractivity contribution in [2.75, 3.05) is 0 Å². The molecule has 88 valence electrons. The van der Waals surface area contributed by atoms with E-state index in [4.69, 9.17) is 0 Å². The molecule has 1 atom stereocenters. The molecule has 0 aliphatic heterocycles. The minimum atomic E-state index is 0.193. The van der Waals surface area contributed by atoms with Crippen LogP contribution in [0, 0.1) is 0 Å². The Hall–Kier alpha value is -1.87. The second-order valence-electron chi connectivity index (χ2n) is 4.03. The summed E-state index contributed by atoms with van der Waals surface area (Å²) in [5.74, 6) is 0.301. The van der Waals surface area contributed by atoms with Crippen molar-refractivity contribution in [1.82, 2.24) is 10.3 Å². The third-order valence-corrected chi connectivity index (χ3v) is 2.65. The molecule has 0 aliphatic carbocycles. The lowest BCUT2D eigenvalue weighted by molar-refractivity contribution is 0.473. The number of hydrogen-bond donors (Lipinski definition) is 2. The lowest BCUT2D eigenvalue weighted by Gasteiger charge is -2.13. The first-order valence-electron chi connectivity index (χ1n) is 5.68. The molecule has 0 fully saturated rings. The van der Waals surface area contributed by atoms with E-state index in [0.29, 0.717) is 12.3 Å². The number of phenolic OH excluding ortho intramolecular Hbond substituents is 1. The smallest absolute Gasteiger partial charge is 0.115 e. The molecule has 0 bridgehead atoms. The van der Waals surface area contributed by atoms with Crippen LogP contribution in [0.4, 0.5) is 0 Å². The zero-order chi connectivity index (χ0) is 12.1. The molecule has 3 nitrogen and oxygen atoms in total. The normalized spacial score (nSPS) is 12.3. The Kier molecular flexibility index (Phi) is 3.73. The Balaban J connectivity index is 1.95. The number of aromatic nitrogens is 1. The summed E-state index contributed by atoms with van der Waals surface area (Å²) in [4.78, 5) is 4.30. The van der Waals surface area contributed by atoms with Crippen molar-refractivity contribution < 1.29 is 5.11 Å². The largest absolute Gasteiger partial charge is 0.508 e. The molecule has 0 spiro atoms. The fourth-order valence-corrected chi connectivity index (χ4v) is 1.67. The number of rotatable bonds is 4. The zero-order valence-electron chi connectivity index (χ0n) is 9.80. The van der Waals surface area contributed by atoms with Gasteiger partial charge in [-0.2, -0.15) is 0 Å². The van der Waals surface area contributed by atoms with Crippen molar-refractivity contribution in [3.05, 3.63) is 59.9 Å². The third-order valence-electron chi connectivity index (χ3n) is 2.65. The highest BCUT2D eigenvalue weighted by molar-refractivity contribution is 5.27. The van der Waals surface area contributed by atoms with Gasteiger partial charge in [0.05, 0.1) is 5.69 Å². The van der Waals surface area contributed by atoms with Gasteiger partial charge in [0, 0.05) is 18.8 Å². The van der Waals surface area contributed by atoms with Crippen LogP contribution in [0.15, 0.2) is 48.7 Å². The number of phenols is 1. The SMILES string of the molecule is CC(NCc1cccc(O)c1)c1ccccn1. The van der Waals surface area contributed by atoms with Gasteiger partial charge in [-0.05, 0) is 36.8 Å². The van der Waals surface area contributed by atoms with E-state index < -0.39 is 0 Å². The highest BCUT2D eigenvalue weighted by atomic mass is 16.3. The van der Waals surface area contributed by atoms with Crippen LogP contribution in [0.1, 0.15) is 24.2 Å². The minimum Gasteiger partial charge on any atom is -0.508 e. The second kappa shape index (κ2) is 5.46. The van der Waals surface area contributed by atoms with Gasteiger partial charge in [-0.15, -0.1) is 0 Å². The van der Waals surface area contributed by atoms with E-state index >= 15 is 0 Å². The lowest BCUT2D eigenvalue weighted by Crippen LogP contribution is -2.18. The highest BCUT2D eigenvalue weighted by Crippen LogP contribution is 2.13. The summed E-state index contributed by atoms with van der Waals surface area (Å²) >= 11 is 0. The van der Waals surface area contributed by atoms with Crippen molar-refractivity contribution in [1.29, 1.82) is 0 Å². The van der Waals surface area contributed by atoms with Crippen molar-refractivity contribution >= 4 is 0 Å². The number of nitrogens with one attached hydrogen (secondary N) is 1. The number of benzene rings is 1. The third kappa shape index (κ3) is 3.29. The molecule has 0 saturated carbocycles. The Bertz CT molecular complexity index is 471. The Morgan fingerprint density at radius 2 is 2.12 bits per heavy atom. The Morgan fingerprint density at radius 1 is 1.24 bits per heavy atom. The van der Waals surface area contributed by atoms with E-state index in [2.05, 4.69) is 17.2 Å². The van der Waals surface area contributed by atoms with Gasteiger partial charge in [-0.3, -0.25) is 4.98 Å². The van der Waals surface area contributed by atoms with Gasteiger partial charge in [0.15, 0.2) is 0 Å². The van der Waals surface area contributed by atoms with Crippen molar-refractivity contribution in [3.63, 3.8) is 0 Å². The van der Waals surface area contributed by atoms with Crippen LogP contribution >= 0.6 is 0 Å². The molecule has 17 heavy (non-hydrogen) atoms. The second-order valence-corrected chi connectivity index (χ2v) is 4.03. The average Bonchev–Trinajstić information content (AvgIpc) is 2.37. The standard InChI is InChI=1S/C14H16N2O/c1-11(14-7-2-3-8-15-14)16-10-12-5-4-6-13(17)9-12/h2-9,11,16-17H,10H2,1H3. The average molecular weight is 228 g/mol. The summed E-state index contributed by atoms with van der Waals surface area (Å²) in [6.45, 7) is 2.79. The van der Waals surface area contributed by atoms with Crippen molar-refractivity contribution in [2.45, 2.75) is 19.5 Å². The molecule has 0 aliphatic rings. The first-order chi connectivity index (χ1) is 8.25. The van der Waals surface area contributed by atoms with Crippen LogP contribution in [-0.4, -0.2) is 10.1 Å². The van der Waals surface area contributed by atoms with Crippen LogP contribution in [0.25, 0.3) is 0 Å². The van der Waals surface area contributed by atoms with Crippen LogP contribution in [0.2, 0.25) is 0 Å². The maximum Gasteiger partial charge on any atom is 0.115 e. The number of hydrogen-bond acceptors (Lipinski definition) is 3. The number of nitrogens with zero attached hydrogens (tertiary/aromatic N) is 1. The maximum absolute atomic E-state index is 9.36. The maximum atomic E-state index is 9.36. The molecule has 0 saturated heterocycles. The van der Waals surface area contributed by atoms with Crippen LogP contribution in [0.5, 0.6) is 5.75 Å². The Morgan fingerprint density at radius 3 is 2.82 bits per heavy atom. The molecule has 1 aromatic heterocycles. The summed E-state index contributed by atoms with van der Waals surface area (Å²) in [6, 6.07) is 13.3. The zero-order valence-corrected chi connectivity index (χ0v) is 9.80. The molecule has 0 radical (unpaired) electrons. The molecule has 2 rings (SSSR count). The van der Waals surface area contributed by atoms with Gasteiger partial charge in [0.25, 0.3) is 0 Å². The molecule has 3 heteroatoms. The Labute approximate surface area is 101 Å². The highest BCUT2D eigenvalue weighted by Gasteiger charge is 2.05. The van der Waals surface area contributed by atoms with Crippen LogP contribution < -0.4 is 5.32 Å². The quantitative estimate of drug-likeness (QED) is 0.845. The van der Waals surface area contributed by atoms with E-state index in [0.717, 1.165) is 11.3 Å². The van der Waals surface area contributed by atoms with Gasteiger partial charge in [-0.25, -0.2) is 0 Å². The summed E-state index contributed by atoms with van der Waals surface area (Å²) in [5.41, 5.74) is 2.08. The van der Waals surface area contributed by atoms with Crippen molar-refractivity contribution in [2.24, 2.45) is 0 Å². The van der Waals surface area contributed by atoms with Crippen LogP contribution in [0.3, 0.4) is 0 Å². The lowest BCUT2D eigenvalue weighted by atomic mass is 10.1. The fraction of sp³-hybridized carbons (Fsp3) is 0.214. The molecule has 2 aromatic rings. The summed E-state index contributed by atoms with van der Waals surface area (Å²) in [6.07, 6.45) is 1.79. The van der Waals surface area contributed by atoms with E-state index in [9.17, 15) is 5.11 Å². The molecule has 0 amide bonds. The topological polar surface area (TPSA) is 45.1 Å². The molecular weight excluding hydrogens is 212 g/mol. The molecule has 1 heterocycles. The summed E-state index contributed by atoms with van der Waals surface area (Å²) in [7, 11) is 0. The fourth-order valence-electron chi connectivity index (χ4n) is 1.67. The van der Waals surface area contributed by atoms with Gasteiger partial charge in [-0.1, -0.05) is 18.2 Å². The van der Waals surface area contributed by atoms with Gasteiger partial charge >= 0.3 is 0 Å². The van der Waals surface area contributed by atoms with Crippen molar-refractivity contribution in [3.8, 4) is 5.75 Å². The number of aromatic hydroxyl groups is 1. The van der Waals surface area contributed by atoms with Gasteiger partial charge in [0.1, 0.15) is 5.75 Å². The van der Waals surface area contributed by atoms with E-state index in [1.807, 2.05) is 30.3 Å². The predicted molar refractivity (Wildman–Crippen MR) is 67.6 cm³/mol. The molecule has 1 aromatic carbocycles. The van der Waals surface area contributed by atoms with E-state index in [1.54, 1.807) is 18.3 Å². The first-order valence-corrected chi connectivity index (χ1v) is 5.68. The summed E-state index contributed by atoms with van der Waals surface area (Å²) in [5, 5.41) is 12.7. The van der Waals surface area contributed by atoms with E-state index in [1.165, 1.54) is 0 Å². The first kappa shape index (κ1) is 11.6. The molecular formula is C14H16N2O. The monoisotopic (exact) mass is 228 g/mol.